The molecule has 0 spiro atoms. The van der Waals surface area contributed by atoms with E-state index in [-0.39, 0.29) is 0 Å². The summed E-state index contributed by atoms with van der Waals surface area (Å²) >= 11 is 0. The first kappa shape index (κ1) is 10.6. The van der Waals surface area contributed by atoms with Gasteiger partial charge in [0.2, 0.25) is 0 Å². The van der Waals surface area contributed by atoms with Gasteiger partial charge in [-0.05, 0) is 55.7 Å². The third kappa shape index (κ3) is 1.55. The summed E-state index contributed by atoms with van der Waals surface area (Å²) in [6, 6.07) is 0. The fraction of sp³-hybridized carbons (Fsp3) is 1.00. The first-order valence-electron chi connectivity index (χ1n) is 5.74. The highest BCUT2D eigenvalue weighted by Crippen LogP contribution is 2.57. The zero-order valence-corrected chi connectivity index (χ0v) is 10.5. The molecule has 2 aliphatic rings. The average Bonchev–Trinajstić information content (AvgIpc) is 2.75. The Morgan fingerprint density at radius 1 is 1.21 bits per heavy atom. The van der Waals surface area contributed by atoms with E-state index in [1.807, 2.05) is 7.11 Å². The third-order valence-corrected chi connectivity index (χ3v) is 8.20. The predicted molar refractivity (Wildman–Crippen MR) is 59.6 cm³/mol. The second-order valence-electron chi connectivity index (χ2n) is 5.58. The highest BCUT2D eigenvalue weighted by molar-refractivity contribution is 6.72. The van der Waals surface area contributed by atoms with Gasteiger partial charge < -0.3 is 9.53 Å². The lowest BCUT2D eigenvalue weighted by molar-refractivity contribution is 0.173. The van der Waals surface area contributed by atoms with Gasteiger partial charge >= 0.3 is 0 Å². The molecule has 4 atom stereocenters. The van der Waals surface area contributed by atoms with E-state index in [9.17, 15) is 5.11 Å². The molecule has 2 bridgehead atoms. The molecular formula is C11H22O2Si. The Bertz CT molecular complexity index is 217. The Hall–Kier alpha value is 0.137. The van der Waals surface area contributed by atoms with E-state index in [1.165, 1.54) is 19.3 Å². The number of aliphatic hydroxyl groups excluding tert-OH is 1. The SMILES string of the molecule is CO[Si](C)(C)C1CC2CC1CC2CO. The molecule has 3 heteroatoms. The number of rotatable bonds is 3. The first-order chi connectivity index (χ1) is 6.58. The first-order valence-corrected chi connectivity index (χ1v) is 8.73. The molecule has 0 saturated heterocycles. The van der Waals surface area contributed by atoms with Crippen LogP contribution in [0.1, 0.15) is 19.3 Å². The van der Waals surface area contributed by atoms with Gasteiger partial charge in [-0.2, -0.15) is 0 Å². The molecular weight excluding hydrogens is 192 g/mol. The van der Waals surface area contributed by atoms with Crippen molar-refractivity contribution in [2.75, 3.05) is 13.7 Å². The minimum Gasteiger partial charge on any atom is -0.420 e. The number of fused-ring (bicyclic) bond motifs is 2. The molecule has 0 aromatic rings. The van der Waals surface area contributed by atoms with Crippen LogP contribution in [0.4, 0.5) is 0 Å². The summed E-state index contributed by atoms with van der Waals surface area (Å²) in [7, 11) is 0.455. The molecule has 2 rings (SSSR count). The lowest BCUT2D eigenvalue weighted by Gasteiger charge is -2.35. The minimum atomic E-state index is -1.42. The van der Waals surface area contributed by atoms with Gasteiger partial charge in [-0.25, -0.2) is 0 Å². The molecule has 2 nitrogen and oxygen atoms in total. The van der Waals surface area contributed by atoms with Crippen LogP contribution < -0.4 is 0 Å². The molecule has 0 amide bonds. The highest BCUT2D eigenvalue weighted by atomic mass is 28.4. The van der Waals surface area contributed by atoms with Crippen molar-refractivity contribution in [3.8, 4) is 0 Å². The summed E-state index contributed by atoms with van der Waals surface area (Å²) in [5.74, 6) is 2.27. The molecule has 14 heavy (non-hydrogen) atoms. The van der Waals surface area contributed by atoms with Crippen LogP contribution in [0.3, 0.4) is 0 Å². The Morgan fingerprint density at radius 3 is 2.36 bits per heavy atom. The molecule has 0 heterocycles. The van der Waals surface area contributed by atoms with Crippen molar-refractivity contribution in [3.63, 3.8) is 0 Å². The average molecular weight is 214 g/mol. The monoisotopic (exact) mass is 214 g/mol. The maximum atomic E-state index is 9.21. The van der Waals surface area contributed by atoms with Crippen LogP contribution in [0.25, 0.3) is 0 Å². The molecule has 0 aromatic carbocycles. The molecule has 82 valence electrons. The van der Waals surface area contributed by atoms with Crippen LogP contribution in [-0.2, 0) is 4.43 Å². The van der Waals surface area contributed by atoms with Gasteiger partial charge in [0.1, 0.15) is 0 Å². The minimum absolute atomic E-state index is 0.406. The van der Waals surface area contributed by atoms with Gasteiger partial charge in [0.15, 0.2) is 8.32 Å². The van der Waals surface area contributed by atoms with E-state index in [1.54, 1.807) is 0 Å². The molecule has 2 aliphatic carbocycles. The topological polar surface area (TPSA) is 29.5 Å². The summed E-state index contributed by atoms with van der Waals surface area (Å²) in [5.41, 5.74) is 0.847. The molecule has 4 unspecified atom stereocenters. The lowest BCUT2D eigenvalue weighted by atomic mass is 9.89. The van der Waals surface area contributed by atoms with Crippen LogP contribution in [0, 0.1) is 17.8 Å². The van der Waals surface area contributed by atoms with Gasteiger partial charge in [0.05, 0.1) is 0 Å². The van der Waals surface area contributed by atoms with Crippen molar-refractivity contribution in [1.29, 1.82) is 0 Å². The van der Waals surface area contributed by atoms with Crippen molar-refractivity contribution in [2.24, 2.45) is 17.8 Å². The maximum Gasteiger partial charge on any atom is 0.189 e. The zero-order chi connectivity index (χ0) is 10.3. The summed E-state index contributed by atoms with van der Waals surface area (Å²) in [5, 5.41) is 9.21. The highest BCUT2D eigenvalue weighted by Gasteiger charge is 2.51. The molecule has 2 fully saturated rings. The number of hydrogen-bond acceptors (Lipinski definition) is 2. The number of aliphatic hydroxyl groups is 1. The van der Waals surface area contributed by atoms with Crippen molar-refractivity contribution in [2.45, 2.75) is 37.9 Å². The van der Waals surface area contributed by atoms with Crippen LogP contribution in [0.2, 0.25) is 18.6 Å². The smallest absolute Gasteiger partial charge is 0.189 e. The van der Waals surface area contributed by atoms with Gasteiger partial charge in [0, 0.05) is 13.7 Å². The van der Waals surface area contributed by atoms with E-state index >= 15 is 0 Å². The normalized spacial score (nSPS) is 42.0. The molecule has 0 aliphatic heterocycles. The van der Waals surface area contributed by atoms with E-state index in [0.29, 0.717) is 12.5 Å². The summed E-state index contributed by atoms with van der Waals surface area (Å²) in [6.07, 6.45) is 3.93. The van der Waals surface area contributed by atoms with E-state index in [2.05, 4.69) is 13.1 Å². The van der Waals surface area contributed by atoms with Gasteiger partial charge in [-0.3, -0.25) is 0 Å². The summed E-state index contributed by atoms with van der Waals surface area (Å²) in [4.78, 5) is 0. The third-order valence-electron chi connectivity index (χ3n) is 4.66. The summed E-state index contributed by atoms with van der Waals surface area (Å²) < 4.78 is 5.72. The molecule has 0 aromatic heterocycles. The maximum absolute atomic E-state index is 9.21. The van der Waals surface area contributed by atoms with Gasteiger partial charge in [0.25, 0.3) is 0 Å². The molecule has 0 radical (unpaired) electrons. The number of hydrogen-bond donors (Lipinski definition) is 1. The van der Waals surface area contributed by atoms with E-state index in [0.717, 1.165) is 17.4 Å². The largest absolute Gasteiger partial charge is 0.420 e. The van der Waals surface area contributed by atoms with Crippen LogP contribution >= 0.6 is 0 Å². The lowest BCUT2D eigenvalue weighted by Crippen LogP contribution is -2.39. The van der Waals surface area contributed by atoms with Crippen molar-refractivity contribution < 1.29 is 9.53 Å². The second kappa shape index (κ2) is 3.61. The fourth-order valence-corrected chi connectivity index (χ4v) is 6.20. The zero-order valence-electron chi connectivity index (χ0n) is 9.49. The second-order valence-corrected chi connectivity index (χ2v) is 9.94. The standard InChI is InChI=1S/C11H22O2Si/c1-13-14(2,3)11-6-8-4-9(11)5-10(8)7-12/h8-12H,4-7H2,1-3H3. The van der Waals surface area contributed by atoms with Gasteiger partial charge in [-0.15, -0.1) is 0 Å². The Kier molecular flexibility index (Phi) is 2.75. The Balaban J connectivity index is 2.03. The fourth-order valence-electron chi connectivity index (χ4n) is 3.62. The van der Waals surface area contributed by atoms with Crippen molar-refractivity contribution in [3.05, 3.63) is 0 Å². The molecule has 2 saturated carbocycles. The summed E-state index contributed by atoms with van der Waals surface area (Å²) in [6.45, 7) is 5.08. The van der Waals surface area contributed by atoms with Crippen LogP contribution in [0.15, 0.2) is 0 Å². The Labute approximate surface area is 87.8 Å². The van der Waals surface area contributed by atoms with E-state index < -0.39 is 8.32 Å². The van der Waals surface area contributed by atoms with Crippen LogP contribution in [0.5, 0.6) is 0 Å². The van der Waals surface area contributed by atoms with Crippen molar-refractivity contribution in [1.82, 2.24) is 0 Å². The quantitative estimate of drug-likeness (QED) is 0.730. The van der Waals surface area contributed by atoms with Gasteiger partial charge in [-0.1, -0.05) is 0 Å². The van der Waals surface area contributed by atoms with Crippen molar-refractivity contribution >= 4 is 8.32 Å². The van der Waals surface area contributed by atoms with E-state index in [4.69, 9.17) is 4.43 Å². The van der Waals surface area contributed by atoms with Crippen LogP contribution in [-0.4, -0.2) is 27.1 Å². The molecule has 1 N–H and O–H groups in total. The predicted octanol–water partition coefficient (Wildman–Crippen LogP) is 2.25. The Morgan fingerprint density at radius 2 is 1.93 bits per heavy atom.